The van der Waals surface area contributed by atoms with Gasteiger partial charge < -0.3 is 10.2 Å². The van der Waals surface area contributed by atoms with Crippen LogP contribution in [0.2, 0.25) is 10.0 Å². The van der Waals surface area contributed by atoms with E-state index in [0.29, 0.717) is 0 Å². The van der Waals surface area contributed by atoms with Crippen LogP contribution in [0.5, 0.6) is 0 Å². The van der Waals surface area contributed by atoms with Crippen LogP contribution in [0.3, 0.4) is 0 Å². The zero-order chi connectivity index (χ0) is 29.7. The molecule has 0 saturated heterocycles. The highest BCUT2D eigenvalue weighted by Crippen LogP contribution is 2.35. The van der Waals surface area contributed by atoms with Gasteiger partial charge in [0.1, 0.15) is 12.6 Å². The Bertz CT molecular complexity index is 1510. The molecule has 0 aliphatic heterocycles. The summed E-state index contributed by atoms with van der Waals surface area (Å²) in [6.45, 7) is 5.02. The largest absolute Gasteiger partial charge is 0.352 e. The van der Waals surface area contributed by atoms with Gasteiger partial charge in [-0.15, -0.1) is 0 Å². The van der Waals surface area contributed by atoms with Crippen molar-refractivity contribution >= 4 is 50.7 Å². The summed E-state index contributed by atoms with van der Waals surface area (Å²) in [7, 11) is -4.24. The Morgan fingerprint density at radius 2 is 1.61 bits per heavy atom. The van der Waals surface area contributed by atoms with E-state index >= 15 is 0 Å². The molecule has 0 heterocycles. The van der Waals surface area contributed by atoms with Gasteiger partial charge in [0.2, 0.25) is 11.8 Å². The van der Waals surface area contributed by atoms with Gasteiger partial charge >= 0.3 is 0 Å². The van der Waals surface area contributed by atoms with Crippen LogP contribution in [0.1, 0.15) is 49.3 Å². The van der Waals surface area contributed by atoms with Crippen molar-refractivity contribution in [3.63, 3.8) is 0 Å². The van der Waals surface area contributed by atoms with E-state index in [-0.39, 0.29) is 39.1 Å². The maximum atomic E-state index is 14.1. The van der Waals surface area contributed by atoms with E-state index in [1.807, 2.05) is 38.1 Å². The van der Waals surface area contributed by atoms with Crippen molar-refractivity contribution in [3.05, 3.63) is 93.5 Å². The van der Waals surface area contributed by atoms with E-state index in [1.165, 1.54) is 23.1 Å². The Morgan fingerprint density at radius 1 is 0.951 bits per heavy atom. The predicted molar refractivity (Wildman–Crippen MR) is 164 cm³/mol. The quantitative estimate of drug-likeness (QED) is 0.291. The molecule has 3 aromatic carbocycles. The summed E-state index contributed by atoms with van der Waals surface area (Å²) in [6, 6.07) is 17.9. The van der Waals surface area contributed by atoms with Crippen LogP contribution in [0.4, 0.5) is 5.69 Å². The first kappa shape index (κ1) is 30.9. The molecule has 1 N–H and O–H groups in total. The van der Waals surface area contributed by atoms with Crippen molar-refractivity contribution in [2.24, 2.45) is 0 Å². The number of sulfonamides is 1. The van der Waals surface area contributed by atoms with Crippen LogP contribution in [0.15, 0.2) is 71.6 Å². The number of anilines is 1. The molecule has 41 heavy (non-hydrogen) atoms. The summed E-state index contributed by atoms with van der Waals surface area (Å²) in [5, 5.41) is 3.23. The Labute approximate surface area is 252 Å². The molecule has 0 aromatic heterocycles. The Hall–Kier alpha value is -3.07. The lowest BCUT2D eigenvalue weighted by molar-refractivity contribution is -0.139. The number of carbonyl (C=O) groups excluding carboxylic acids is 2. The summed E-state index contributed by atoms with van der Waals surface area (Å²) >= 11 is 12.8. The first-order valence-electron chi connectivity index (χ1n) is 13.7. The fraction of sp³-hybridized carbons (Fsp3) is 0.355. The number of rotatable bonds is 10. The van der Waals surface area contributed by atoms with Gasteiger partial charge in [-0.25, -0.2) is 8.42 Å². The molecule has 1 fully saturated rings. The van der Waals surface area contributed by atoms with Crippen molar-refractivity contribution in [3.8, 4) is 0 Å². The number of aryl methyl sites for hydroxylation is 2. The third-order valence-electron chi connectivity index (χ3n) is 7.39. The van der Waals surface area contributed by atoms with Gasteiger partial charge in [-0.3, -0.25) is 13.9 Å². The molecule has 4 rings (SSSR count). The number of nitrogens with zero attached hydrogens (tertiary/aromatic N) is 2. The molecule has 0 radical (unpaired) electrons. The zero-order valence-corrected chi connectivity index (χ0v) is 25.8. The highest BCUT2D eigenvalue weighted by Gasteiger charge is 2.34. The molecule has 1 saturated carbocycles. The van der Waals surface area contributed by atoms with Gasteiger partial charge in [-0.1, -0.05) is 89.6 Å². The first-order valence-corrected chi connectivity index (χ1v) is 15.9. The first-order chi connectivity index (χ1) is 19.5. The molecule has 1 aliphatic rings. The van der Waals surface area contributed by atoms with Gasteiger partial charge in [-0.05, 0) is 63.4 Å². The van der Waals surface area contributed by atoms with Crippen molar-refractivity contribution in [2.75, 3.05) is 10.8 Å². The molecule has 1 unspecified atom stereocenters. The minimum atomic E-state index is -4.24. The summed E-state index contributed by atoms with van der Waals surface area (Å²) < 4.78 is 28.9. The van der Waals surface area contributed by atoms with Gasteiger partial charge in [0, 0.05) is 12.6 Å². The minimum Gasteiger partial charge on any atom is -0.352 e. The minimum absolute atomic E-state index is 0.00389. The highest BCUT2D eigenvalue weighted by atomic mass is 35.5. The number of halogens is 2. The molecule has 3 aromatic rings. The van der Waals surface area contributed by atoms with Gasteiger partial charge in [0.05, 0.1) is 20.6 Å². The molecule has 1 atom stereocenters. The summed E-state index contributed by atoms with van der Waals surface area (Å²) in [6.07, 6.45) is 3.91. The van der Waals surface area contributed by atoms with E-state index in [0.717, 1.165) is 46.7 Å². The van der Waals surface area contributed by atoms with Crippen LogP contribution >= 0.6 is 23.2 Å². The van der Waals surface area contributed by atoms with Crippen LogP contribution < -0.4 is 9.62 Å². The normalized spacial score (nSPS) is 14.5. The van der Waals surface area contributed by atoms with E-state index in [4.69, 9.17) is 23.2 Å². The number of nitrogens with one attached hydrogen (secondary N) is 1. The maximum Gasteiger partial charge on any atom is 0.264 e. The van der Waals surface area contributed by atoms with Gasteiger partial charge in [-0.2, -0.15) is 0 Å². The number of hydrogen-bond donors (Lipinski definition) is 1. The smallest absolute Gasteiger partial charge is 0.264 e. The molecule has 0 spiro atoms. The third kappa shape index (κ3) is 7.42. The number of benzene rings is 3. The molecule has 0 bridgehead atoms. The van der Waals surface area contributed by atoms with Crippen molar-refractivity contribution < 1.29 is 18.0 Å². The van der Waals surface area contributed by atoms with Gasteiger partial charge in [0.25, 0.3) is 10.0 Å². The second kappa shape index (κ2) is 13.3. The lowest BCUT2D eigenvalue weighted by Gasteiger charge is -2.33. The standard InChI is InChI=1S/C31H35Cl2N3O4S/c1-21-14-16-26(17-15-21)41(39,40)36(28-13-7-12-27(32)30(28)33)20-29(37)35(19-24-9-6-8-22(2)18-24)23(3)31(38)34-25-10-4-5-11-25/h6-9,12-18,23,25H,4-5,10-11,19-20H2,1-3H3,(H,34,38). The Balaban J connectivity index is 1.72. The topological polar surface area (TPSA) is 86.8 Å². The fourth-order valence-corrected chi connectivity index (χ4v) is 6.89. The average molecular weight is 617 g/mol. The fourth-order valence-electron chi connectivity index (χ4n) is 5.02. The number of hydrogen-bond acceptors (Lipinski definition) is 4. The zero-order valence-electron chi connectivity index (χ0n) is 23.4. The molecular formula is C31H35Cl2N3O4S. The molecule has 218 valence electrons. The van der Waals surface area contributed by atoms with E-state index < -0.39 is 28.5 Å². The maximum absolute atomic E-state index is 14.1. The van der Waals surface area contributed by atoms with Crippen LogP contribution in [-0.2, 0) is 26.2 Å². The molecule has 7 nitrogen and oxygen atoms in total. The Kier molecular flexibility index (Phi) is 10.00. The monoisotopic (exact) mass is 615 g/mol. The van der Waals surface area contributed by atoms with Crippen LogP contribution in [0.25, 0.3) is 0 Å². The second-order valence-corrected chi connectivity index (χ2v) is 13.2. The second-order valence-electron chi connectivity index (χ2n) is 10.6. The molecule has 1 aliphatic carbocycles. The lowest BCUT2D eigenvalue weighted by Crippen LogP contribution is -2.52. The van der Waals surface area contributed by atoms with Crippen molar-refractivity contribution in [1.82, 2.24) is 10.2 Å². The average Bonchev–Trinajstić information content (AvgIpc) is 3.45. The summed E-state index contributed by atoms with van der Waals surface area (Å²) in [5.74, 6) is -0.820. The number of carbonyl (C=O) groups is 2. The SMILES string of the molecule is Cc1ccc(S(=O)(=O)N(CC(=O)N(Cc2cccc(C)c2)C(C)C(=O)NC2CCCC2)c2cccc(Cl)c2Cl)cc1. The predicted octanol–water partition coefficient (Wildman–Crippen LogP) is 6.28. The van der Waals surface area contributed by atoms with E-state index in [9.17, 15) is 18.0 Å². The summed E-state index contributed by atoms with van der Waals surface area (Å²) in [5.41, 5.74) is 2.80. The van der Waals surface area contributed by atoms with E-state index in [2.05, 4.69) is 5.32 Å². The molecule has 10 heteroatoms. The van der Waals surface area contributed by atoms with Crippen molar-refractivity contribution in [1.29, 1.82) is 0 Å². The number of amides is 2. The highest BCUT2D eigenvalue weighted by molar-refractivity contribution is 7.92. The summed E-state index contributed by atoms with van der Waals surface area (Å²) in [4.78, 5) is 28.9. The van der Waals surface area contributed by atoms with E-state index in [1.54, 1.807) is 31.2 Å². The van der Waals surface area contributed by atoms with Crippen molar-refractivity contribution in [2.45, 2.75) is 70.0 Å². The third-order valence-corrected chi connectivity index (χ3v) is 9.97. The lowest BCUT2D eigenvalue weighted by atomic mass is 10.1. The molecule has 2 amide bonds. The van der Waals surface area contributed by atoms with Crippen LogP contribution in [-0.4, -0.2) is 43.8 Å². The van der Waals surface area contributed by atoms with Gasteiger partial charge in [0.15, 0.2) is 0 Å². The Morgan fingerprint density at radius 3 is 2.27 bits per heavy atom. The molecular weight excluding hydrogens is 581 g/mol. The van der Waals surface area contributed by atoms with Crippen LogP contribution in [0, 0.1) is 13.8 Å².